The summed E-state index contributed by atoms with van der Waals surface area (Å²) in [5, 5.41) is 0. The summed E-state index contributed by atoms with van der Waals surface area (Å²) in [4.78, 5) is 21.8. The molecule has 5 nitrogen and oxygen atoms in total. The van der Waals surface area contributed by atoms with Gasteiger partial charge in [0.25, 0.3) is 0 Å². The molecule has 0 spiro atoms. The van der Waals surface area contributed by atoms with Crippen molar-refractivity contribution in [1.82, 2.24) is 4.98 Å². The van der Waals surface area contributed by atoms with Crippen molar-refractivity contribution in [2.75, 3.05) is 4.90 Å². The third kappa shape index (κ3) is 6.61. The molecule has 0 saturated carbocycles. The van der Waals surface area contributed by atoms with Crippen LogP contribution in [0.2, 0.25) is 0 Å². The van der Waals surface area contributed by atoms with Crippen LogP contribution in [0.1, 0.15) is 41.8 Å². The summed E-state index contributed by atoms with van der Waals surface area (Å²) in [5.41, 5.74) is 12.0. The third-order valence-corrected chi connectivity index (χ3v) is 9.87. The highest BCUT2D eigenvalue weighted by Crippen LogP contribution is 2.54. The van der Waals surface area contributed by atoms with Crippen LogP contribution in [0.25, 0.3) is 22.3 Å². The summed E-state index contributed by atoms with van der Waals surface area (Å²) >= 11 is 0. The Hall–Kier alpha value is -6.72. The molecule has 256 valence electrons. The number of hydrogen-bond acceptors (Lipinski definition) is 3. The average Bonchev–Trinajstić information content (AvgIpc) is 3.46. The number of fused-ring (bicyclic) bond motifs is 3. The summed E-state index contributed by atoms with van der Waals surface area (Å²) < 4.78 is 0. The van der Waals surface area contributed by atoms with E-state index in [2.05, 4.69) is 134 Å². The minimum atomic E-state index is -0.217. The zero-order chi connectivity index (χ0) is 36.2. The van der Waals surface area contributed by atoms with E-state index in [4.69, 9.17) is 15.0 Å². The zero-order valence-corrected chi connectivity index (χ0v) is 29.9. The lowest BCUT2D eigenvalue weighted by atomic mass is 9.81. The number of aliphatic imine (C=N–C) groups is 3. The summed E-state index contributed by atoms with van der Waals surface area (Å²) in [6.07, 6.45) is 0. The standard InChI is InChI=1S/C48H39N5/c1-48(2)42-26-14-13-24-40(42)41-25-16-27-43(45(41)48)53(39-31-29-35(30-32-39)34-17-7-4-8-18-34)44-28-15-23-38(51-44)33-50-47(37-21-11-6-12-22-37)52-46(49-3)36-19-9-5-10-20-36/h4-32H,3,33H2,1-2H3/b50-47-,52-46-. The molecule has 1 aromatic heterocycles. The molecule has 0 unspecified atom stereocenters. The predicted molar refractivity (Wildman–Crippen MR) is 221 cm³/mol. The Morgan fingerprint density at radius 1 is 0.585 bits per heavy atom. The van der Waals surface area contributed by atoms with E-state index in [1.807, 2.05) is 72.8 Å². The monoisotopic (exact) mass is 685 g/mol. The Morgan fingerprint density at radius 3 is 1.87 bits per heavy atom. The molecule has 1 heterocycles. The second-order valence-corrected chi connectivity index (χ2v) is 13.6. The predicted octanol–water partition coefficient (Wildman–Crippen LogP) is 11.6. The molecule has 7 aromatic rings. The van der Waals surface area contributed by atoms with Crippen molar-refractivity contribution in [1.29, 1.82) is 0 Å². The number of hydrogen-bond donors (Lipinski definition) is 0. The summed E-state index contributed by atoms with van der Waals surface area (Å²) in [5.74, 6) is 1.90. The summed E-state index contributed by atoms with van der Waals surface area (Å²) in [6, 6.07) is 60.6. The van der Waals surface area contributed by atoms with Gasteiger partial charge in [-0.25, -0.2) is 15.0 Å². The number of benzene rings is 6. The van der Waals surface area contributed by atoms with Gasteiger partial charge in [-0.2, -0.15) is 0 Å². The van der Waals surface area contributed by atoms with Gasteiger partial charge in [0.2, 0.25) is 0 Å². The van der Waals surface area contributed by atoms with E-state index < -0.39 is 0 Å². The van der Waals surface area contributed by atoms with Crippen molar-refractivity contribution in [3.63, 3.8) is 0 Å². The first-order chi connectivity index (χ1) is 26.0. The second kappa shape index (κ2) is 14.5. The molecule has 53 heavy (non-hydrogen) atoms. The molecule has 0 N–H and O–H groups in total. The highest BCUT2D eigenvalue weighted by atomic mass is 15.2. The van der Waals surface area contributed by atoms with Gasteiger partial charge in [0, 0.05) is 22.2 Å². The van der Waals surface area contributed by atoms with Crippen LogP contribution in [-0.2, 0) is 12.0 Å². The van der Waals surface area contributed by atoms with Crippen LogP contribution in [-0.4, -0.2) is 23.4 Å². The van der Waals surface area contributed by atoms with Gasteiger partial charge in [0.1, 0.15) is 5.82 Å². The fourth-order valence-electron chi connectivity index (χ4n) is 7.33. The maximum atomic E-state index is 5.29. The molecule has 0 amide bonds. The Labute approximate surface area is 311 Å². The van der Waals surface area contributed by atoms with Crippen LogP contribution < -0.4 is 4.90 Å². The Balaban J connectivity index is 1.23. The molecule has 0 fully saturated rings. The summed E-state index contributed by atoms with van der Waals surface area (Å²) in [6.45, 7) is 8.78. The van der Waals surface area contributed by atoms with Crippen molar-refractivity contribution < 1.29 is 0 Å². The number of amidine groups is 2. The van der Waals surface area contributed by atoms with Crippen LogP contribution in [0.5, 0.6) is 0 Å². The Kier molecular flexibility index (Phi) is 9.14. The van der Waals surface area contributed by atoms with Gasteiger partial charge >= 0.3 is 0 Å². The topological polar surface area (TPSA) is 53.2 Å². The SMILES string of the molecule is C=N/C(=N\C(=N/Cc1cccc(N(c2ccc(-c3ccccc3)cc2)c2cccc3c2C(C)(C)c2ccccc2-3)n1)c1ccccc1)c1ccccc1. The Bertz CT molecular complexity index is 2450. The van der Waals surface area contributed by atoms with E-state index in [0.29, 0.717) is 18.2 Å². The molecule has 0 aliphatic heterocycles. The largest absolute Gasteiger partial charge is 0.295 e. The van der Waals surface area contributed by atoms with Gasteiger partial charge in [-0.15, -0.1) is 0 Å². The minimum Gasteiger partial charge on any atom is -0.295 e. The third-order valence-electron chi connectivity index (χ3n) is 9.87. The van der Waals surface area contributed by atoms with Crippen LogP contribution in [0.3, 0.4) is 0 Å². The van der Waals surface area contributed by atoms with Crippen LogP contribution in [0.4, 0.5) is 17.2 Å². The van der Waals surface area contributed by atoms with E-state index in [-0.39, 0.29) is 5.41 Å². The zero-order valence-electron chi connectivity index (χ0n) is 29.9. The van der Waals surface area contributed by atoms with Crippen molar-refractivity contribution >= 4 is 35.6 Å². The number of rotatable bonds is 8. The molecule has 0 saturated heterocycles. The van der Waals surface area contributed by atoms with Crippen molar-refractivity contribution in [2.24, 2.45) is 15.0 Å². The van der Waals surface area contributed by atoms with Crippen molar-refractivity contribution in [2.45, 2.75) is 25.8 Å². The van der Waals surface area contributed by atoms with Crippen molar-refractivity contribution in [3.05, 3.63) is 204 Å². The molecule has 8 rings (SSSR count). The fourth-order valence-corrected chi connectivity index (χ4v) is 7.33. The molecule has 0 radical (unpaired) electrons. The van der Waals surface area contributed by atoms with Gasteiger partial charge in [0.15, 0.2) is 11.7 Å². The molecule has 0 bridgehead atoms. The first-order valence-corrected chi connectivity index (χ1v) is 17.9. The lowest BCUT2D eigenvalue weighted by Gasteiger charge is -2.31. The van der Waals surface area contributed by atoms with E-state index in [0.717, 1.165) is 39.6 Å². The van der Waals surface area contributed by atoms with Gasteiger partial charge in [-0.1, -0.05) is 159 Å². The molecular formula is C48H39N5. The maximum absolute atomic E-state index is 5.29. The highest BCUT2D eigenvalue weighted by Gasteiger charge is 2.38. The highest BCUT2D eigenvalue weighted by molar-refractivity contribution is 6.12. The second-order valence-electron chi connectivity index (χ2n) is 13.6. The Morgan fingerprint density at radius 2 is 1.17 bits per heavy atom. The average molecular weight is 686 g/mol. The molecular weight excluding hydrogens is 647 g/mol. The smallest absolute Gasteiger partial charge is 0.161 e. The normalized spacial score (nSPS) is 13.2. The number of nitrogens with zero attached hydrogens (tertiary/aromatic N) is 5. The summed E-state index contributed by atoms with van der Waals surface area (Å²) in [7, 11) is 0. The van der Waals surface area contributed by atoms with Crippen LogP contribution in [0.15, 0.2) is 191 Å². The van der Waals surface area contributed by atoms with E-state index in [9.17, 15) is 0 Å². The first kappa shape index (κ1) is 33.4. The molecule has 0 atom stereocenters. The first-order valence-electron chi connectivity index (χ1n) is 17.9. The molecule has 1 aliphatic rings. The minimum absolute atomic E-state index is 0.217. The quantitative estimate of drug-likeness (QED) is 0.118. The van der Waals surface area contributed by atoms with E-state index in [1.54, 1.807) is 0 Å². The lowest BCUT2D eigenvalue weighted by molar-refractivity contribution is 0.660. The van der Waals surface area contributed by atoms with Gasteiger partial charge in [-0.05, 0) is 70.4 Å². The molecule has 6 aromatic carbocycles. The van der Waals surface area contributed by atoms with Gasteiger partial charge < -0.3 is 0 Å². The van der Waals surface area contributed by atoms with Crippen LogP contribution in [0, 0.1) is 0 Å². The van der Waals surface area contributed by atoms with Crippen LogP contribution >= 0.6 is 0 Å². The fraction of sp³-hybridized carbons (Fsp3) is 0.0833. The van der Waals surface area contributed by atoms with E-state index in [1.165, 1.54) is 27.8 Å². The van der Waals surface area contributed by atoms with Gasteiger partial charge in [0.05, 0.1) is 17.9 Å². The maximum Gasteiger partial charge on any atom is 0.161 e. The van der Waals surface area contributed by atoms with Crippen molar-refractivity contribution in [3.8, 4) is 22.3 Å². The number of aromatic nitrogens is 1. The number of pyridine rings is 1. The molecule has 1 aliphatic carbocycles. The lowest BCUT2D eigenvalue weighted by Crippen LogP contribution is -2.21. The molecule has 5 heteroatoms. The van der Waals surface area contributed by atoms with Gasteiger partial charge in [-0.3, -0.25) is 9.89 Å². The van der Waals surface area contributed by atoms with E-state index >= 15 is 0 Å². The number of anilines is 3.